The van der Waals surface area contributed by atoms with Crippen molar-refractivity contribution < 1.29 is 0 Å². The first-order valence-electron chi connectivity index (χ1n) is 18.2. The Hall–Kier alpha value is -6.91. The Morgan fingerprint density at radius 3 is 2.23 bits per heavy atom. The lowest BCUT2D eigenvalue weighted by Crippen LogP contribution is -2.34. The van der Waals surface area contributed by atoms with E-state index in [4.69, 9.17) is 4.98 Å². The zero-order chi connectivity index (χ0) is 35.3. The van der Waals surface area contributed by atoms with Crippen molar-refractivity contribution in [3.05, 3.63) is 205 Å². The molecule has 0 aliphatic heterocycles. The Labute approximate surface area is 307 Å². The van der Waals surface area contributed by atoms with E-state index < -0.39 is 0 Å². The van der Waals surface area contributed by atoms with E-state index in [0.717, 1.165) is 28.3 Å². The van der Waals surface area contributed by atoms with Crippen molar-refractivity contribution in [1.29, 1.82) is 0 Å². The number of para-hydroxylation sites is 3. The number of aromatic nitrogens is 4. The van der Waals surface area contributed by atoms with Crippen LogP contribution in [0.5, 0.6) is 0 Å². The zero-order valence-electron chi connectivity index (χ0n) is 29.1. The van der Waals surface area contributed by atoms with Crippen molar-refractivity contribution in [2.75, 3.05) is 0 Å². The Bertz CT molecular complexity index is 2940. The normalized spacial score (nSPS) is 15.5. The lowest BCUT2D eigenvalue weighted by Gasteiger charge is -2.25. The summed E-state index contributed by atoms with van der Waals surface area (Å²) in [5, 5.41) is 4.97. The molecule has 53 heavy (non-hydrogen) atoms. The topological polar surface area (TPSA) is 27.2 Å². The summed E-state index contributed by atoms with van der Waals surface area (Å²) in [6, 6.07) is 54.4. The Balaban J connectivity index is 1.16. The Morgan fingerprint density at radius 1 is 0.642 bits per heavy atom. The molecule has 1 aliphatic carbocycles. The smallest absolute Gasteiger partial charge is 0.137 e. The van der Waals surface area contributed by atoms with Crippen LogP contribution in [0.4, 0.5) is 0 Å². The molecular formula is C49H36N4. The molecule has 252 valence electrons. The molecule has 0 amide bonds. The van der Waals surface area contributed by atoms with Gasteiger partial charge in [-0.25, -0.2) is 4.98 Å². The molecule has 4 aromatic heterocycles. The SMILES string of the molecule is C=C/C=C\C1C=c2c(c3ccccc3n2-c2ccccc2)=CC1c1ccccc1-c1cc2ccccc2n1-c1ccc(-c2cn3ccccc3n2)cc1. The van der Waals surface area contributed by atoms with E-state index in [2.05, 4.69) is 184 Å². The van der Waals surface area contributed by atoms with E-state index in [9.17, 15) is 0 Å². The molecule has 4 heterocycles. The molecule has 0 fully saturated rings. The largest absolute Gasteiger partial charge is 0.310 e. The van der Waals surface area contributed by atoms with Crippen molar-refractivity contribution in [3.63, 3.8) is 0 Å². The number of benzene rings is 5. The molecule has 0 saturated carbocycles. The summed E-state index contributed by atoms with van der Waals surface area (Å²) in [6.45, 7) is 4.03. The minimum atomic E-state index is 0.0915. The second-order valence-electron chi connectivity index (χ2n) is 13.7. The summed E-state index contributed by atoms with van der Waals surface area (Å²) in [4.78, 5) is 4.87. The molecule has 0 saturated heterocycles. The van der Waals surface area contributed by atoms with E-state index in [1.165, 1.54) is 49.2 Å². The summed E-state index contributed by atoms with van der Waals surface area (Å²) in [7, 11) is 0. The monoisotopic (exact) mass is 680 g/mol. The highest BCUT2D eigenvalue weighted by atomic mass is 15.0. The minimum Gasteiger partial charge on any atom is -0.310 e. The summed E-state index contributed by atoms with van der Waals surface area (Å²) < 4.78 is 6.89. The fraction of sp³-hybridized carbons (Fsp3) is 0.0408. The highest BCUT2D eigenvalue weighted by Crippen LogP contribution is 2.40. The van der Waals surface area contributed by atoms with Gasteiger partial charge in [0.05, 0.1) is 27.8 Å². The van der Waals surface area contributed by atoms with Crippen LogP contribution >= 0.6 is 0 Å². The standard InChI is InChI=1S/C49H36N4/c1-2-3-15-35-30-48-43(41-21-10-12-23-46(41)53(48)37-17-5-4-6-18-37)32-42(35)39-19-8-9-20-40(39)47-31-36-16-7-11-22-45(36)52(47)38-27-25-34(26-28-38)44-33-51-29-14-13-24-49(51)50-44/h2-33,35,42H,1H2/b15-3-. The van der Waals surface area contributed by atoms with E-state index >= 15 is 0 Å². The molecule has 0 radical (unpaired) electrons. The van der Waals surface area contributed by atoms with Gasteiger partial charge in [-0.1, -0.05) is 134 Å². The van der Waals surface area contributed by atoms with Gasteiger partial charge in [0.25, 0.3) is 0 Å². The van der Waals surface area contributed by atoms with Crippen LogP contribution in [0, 0.1) is 5.92 Å². The highest BCUT2D eigenvalue weighted by Gasteiger charge is 2.27. The molecule has 0 spiro atoms. The molecule has 0 N–H and O–H groups in total. The van der Waals surface area contributed by atoms with Gasteiger partial charge in [0, 0.05) is 62.7 Å². The molecule has 2 atom stereocenters. The maximum Gasteiger partial charge on any atom is 0.137 e. The maximum atomic E-state index is 4.87. The number of pyridine rings is 1. The predicted molar refractivity (Wildman–Crippen MR) is 220 cm³/mol. The molecular weight excluding hydrogens is 645 g/mol. The summed E-state index contributed by atoms with van der Waals surface area (Å²) in [6.07, 6.45) is 15.4. The molecule has 5 aromatic carbocycles. The van der Waals surface area contributed by atoms with E-state index in [-0.39, 0.29) is 11.8 Å². The number of nitrogens with zero attached hydrogens (tertiary/aromatic N) is 4. The molecule has 9 aromatic rings. The van der Waals surface area contributed by atoms with Crippen LogP contribution in [0.1, 0.15) is 11.5 Å². The van der Waals surface area contributed by atoms with Crippen LogP contribution in [-0.2, 0) is 0 Å². The van der Waals surface area contributed by atoms with Gasteiger partial charge in [-0.2, -0.15) is 0 Å². The maximum absolute atomic E-state index is 4.87. The average Bonchev–Trinajstić information content (AvgIpc) is 3.92. The van der Waals surface area contributed by atoms with Crippen molar-refractivity contribution in [3.8, 4) is 33.9 Å². The molecule has 2 unspecified atom stereocenters. The first-order chi connectivity index (χ1) is 26.2. The minimum absolute atomic E-state index is 0.0915. The number of fused-ring (bicyclic) bond motifs is 5. The van der Waals surface area contributed by atoms with Gasteiger partial charge in [-0.05, 0) is 60.2 Å². The van der Waals surface area contributed by atoms with Crippen LogP contribution in [0.25, 0.3) is 73.5 Å². The second-order valence-corrected chi connectivity index (χ2v) is 13.7. The first-order valence-corrected chi connectivity index (χ1v) is 18.2. The lowest BCUT2D eigenvalue weighted by atomic mass is 9.79. The van der Waals surface area contributed by atoms with Crippen LogP contribution in [0.3, 0.4) is 0 Å². The van der Waals surface area contributed by atoms with Crippen molar-refractivity contribution in [2.45, 2.75) is 5.92 Å². The van der Waals surface area contributed by atoms with E-state index in [1.54, 1.807) is 0 Å². The third-order valence-electron chi connectivity index (χ3n) is 10.6. The summed E-state index contributed by atoms with van der Waals surface area (Å²) >= 11 is 0. The van der Waals surface area contributed by atoms with Crippen molar-refractivity contribution >= 4 is 39.6 Å². The number of imidazole rings is 1. The fourth-order valence-electron chi connectivity index (χ4n) is 8.24. The van der Waals surface area contributed by atoms with Crippen LogP contribution in [-0.4, -0.2) is 18.5 Å². The van der Waals surface area contributed by atoms with Gasteiger partial charge >= 0.3 is 0 Å². The Morgan fingerprint density at radius 2 is 1.38 bits per heavy atom. The van der Waals surface area contributed by atoms with Gasteiger partial charge in [0.2, 0.25) is 0 Å². The fourth-order valence-corrected chi connectivity index (χ4v) is 8.24. The first kappa shape index (κ1) is 30.9. The quantitative estimate of drug-likeness (QED) is 0.154. The van der Waals surface area contributed by atoms with Crippen molar-refractivity contribution in [2.24, 2.45) is 5.92 Å². The molecule has 4 heteroatoms. The summed E-state index contributed by atoms with van der Waals surface area (Å²) in [5.41, 5.74) is 11.3. The van der Waals surface area contributed by atoms with Crippen LogP contribution < -0.4 is 10.6 Å². The molecule has 0 bridgehead atoms. The van der Waals surface area contributed by atoms with Crippen LogP contribution in [0.2, 0.25) is 0 Å². The zero-order valence-corrected chi connectivity index (χ0v) is 29.1. The second kappa shape index (κ2) is 12.7. The van der Waals surface area contributed by atoms with E-state index in [0.29, 0.717) is 0 Å². The van der Waals surface area contributed by atoms with Gasteiger partial charge < -0.3 is 13.5 Å². The molecule has 1 aliphatic rings. The Kier molecular flexibility index (Phi) is 7.40. The van der Waals surface area contributed by atoms with Crippen LogP contribution in [0.15, 0.2) is 189 Å². The third-order valence-corrected chi connectivity index (χ3v) is 10.6. The van der Waals surface area contributed by atoms with Gasteiger partial charge in [-0.3, -0.25) is 0 Å². The van der Waals surface area contributed by atoms with E-state index in [1.807, 2.05) is 30.5 Å². The molecule has 4 nitrogen and oxygen atoms in total. The van der Waals surface area contributed by atoms with Gasteiger partial charge in [-0.15, -0.1) is 0 Å². The third kappa shape index (κ3) is 5.18. The average molecular weight is 681 g/mol. The van der Waals surface area contributed by atoms with Gasteiger partial charge in [0.15, 0.2) is 0 Å². The molecule has 10 rings (SSSR count). The number of hydrogen-bond donors (Lipinski definition) is 0. The number of allylic oxidation sites excluding steroid dienone is 3. The van der Waals surface area contributed by atoms with Crippen molar-refractivity contribution in [1.82, 2.24) is 18.5 Å². The van der Waals surface area contributed by atoms with Gasteiger partial charge in [0.1, 0.15) is 5.65 Å². The lowest BCUT2D eigenvalue weighted by molar-refractivity contribution is 0.757. The highest BCUT2D eigenvalue weighted by molar-refractivity contribution is 5.91. The number of hydrogen-bond acceptors (Lipinski definition) is 1. The number of rotatable bonds is 7. The predicted octanol–water partition coefficient (Wildman–Crippen LogP) is 10.3. The summed E-state index contributed by atoms with van der Waals surface area (Å²) in [5.74, 6) is 0.199.